The molecule has 0 N–H and O–H groups in total. The van der Waals surface area contributed by atoms with E-state index in [-0.39, 0.29) is 23.5 Å². The average molecular weight is 479 g/mol. The monoisotopic (exact) mass is 478 g/mol. The van der Waals surface area contributed by atoms with E-state index >= 15 is 0 Å². The highest BCUT2D eigenvalue weighted by atomic mass is 35.5. The number of aromatic nitrogens is 2. The van der Waals surface area contributed by atoms with Crippen LogP contribution >= 0.6 is 22.9 Å². The summed E-state index contributed by atoms with van der Waals surface area (Å²) in [6.45, 7) is 4.60. The van der Waals surface area contributed by atoms with Crippen LogP contribution in [0.3, 0.4) is 0 Å². The van der Waals surface area contributed by atoms with Gasteiger partial charge in [0.25, 0.3) is 5.91 Å². The van der Waals surface area contributed by atoms with Crippen molar-refractivity contribution in [1.82, 2.24) is 19.6 Å². The molecule has 2 fully saturated rings. The second-order valence-electron chi connectivity index (χ2n) is 8.19. The molecule has 2 aliphatic rings. The van der Waals surface area contributed by atoms with Crippen molar-refractivity contribution in [1.29, 1.82) is 0 Å². The Morgan fingerprint density at radius 2 is 1.97 bits per heavy atom. The lowest BCUT2D eigenvalue weighted by molar-refractivity contribution is 0.0592. The Morgan fingerprint density at radius 3 is 2.65 bits per heavy atom. The number of hydrogen-bond acceptors (Lipinski definition) is 6. The van der Waals surface area contributed by atoms with Crippen molar-refractivity contribution in [2.75, 3.05) is 37.7 Å². The molecule has 164 valence electrons. The van der Waals surface area contributed by atoms with Gasteiger partial charge in [0, 0.05) is 42.6 Å². The van der Waals surface area contributed by atoms with Crippen LogP contribution in [0.25, 0.3) is 15.9 Å². The Labute approximate surface area is 190 Å². The van der Waals surface area contributed by atoms with E-state index in [0.29, 0.717) is 42.5 Å². The van der Waals surface area contributed by atoms with Crippen LogP contribution in [0.4, 0.5) is 0 Å². The summed E-state index contributed by atoms with van der Waals surface area (Å²) in [5.74, 6) is 0.551. The van der Waals surface area contributed by atoms with E-state index in [4.69, 9.17) is 11.6 Å². The van der Waals surface area contributed by atoms with Gasteiger partial charge in [-0.3, -0.25) is 9.69 Å². The first-order valence-corrected chi connectivity index (χ1v) is 13.3. The Bertz CT molecular complexity index is 1260. The minimum atomic E-state index is -2.90. The fraction of sp³-hybridized carbons (Fsp3) is 0.429. The molecule has 0 saturated carbocycles. The summed E-state index contributed by atoms with van der Waals surface area (Å²) in [4.78, 5) is 18.9. The minimum Gasteiger partial charge on any atom is -0.335 e. The number of benzene rings is 1. The Hall–Kier alpha value is -1.94. The summed E-state index contributed by atoms with van der Waals surface area (Å²) in [7, 11) is -2.90. The normalized spacial score (nSPS) is 21.7. The van der Waals surface area contributed by atoms with Gasteiger partial charge < -0.3 is 4.90 Å². The van der Waals surface area contributed by atoms with Gasteiger partial charge in [-0.2, -0.15) is 5.10 Å². The van der Waals surface area contributed by atoms with Gasteiger partial charge in [0.1, 0.15) is 4.83 Å². The standard InChI is InChI=1S/C21H23ClN4O3S2/c1-14-18-12-19(30-21(18)26(23-14)16-4-2-3-15(22)11-16)20(27)25-8-6-24(7-9-25)17-5-10-31(28,29)13-17/h2-4,11-12,17H,5-10,13H2,1H3. The van der Waals surface area contributed by atoms with Crippen molar-refractivity contribution in [3.8, 4) is 5.69 Å². The SMILES string of the molecule is Cc1nn(-c2cccc(Cl)c2)c2sc(C(=O)N3CCN(C4CCS(=O)(=O)C4)CC3)cc12. The molecule has 0 aliphatic carbocycles. The molecule has 1 aromatic carbocycles. The summed E-state index contributed by atoms with van der Waals surface area (Å²) in [5.41, 5.74) is 1.74. The van der Waals surface area contributed by atoms with Gasteiger partial charge >= 0.3 is 0 Å². The van der Waals surface area contributed by atoms with E-state index in [1.54, 1.807) is 0 Å². The van der Waals surface area contributed by atoms with Crippen LogP contribution in [0, 0.1) is 6.92 Å². The Kier molecular flexibility index (Phi) is 5.32. The third-order valence-electron chi connectivity index (χ3n) is 6.13. The second-order valence-corrected chi connectivity index (χ2v) is 11.9. The number of thiophene rings is 1. The quantitative estimate of drug-likeness (QED) is 0.578. The predicted octanol–water partition coefficient (Wildman–Crippen LogP) is 2.99. The highest BCUT2D eigenvalue weighted by Gasteiger charge is 2.34. The highest BCUT2D eigenvalue weighted by Crippen LogP contribution is 2.32. The first-order valence-electron chi connectivity index (χ1n) is 10.3. The van der Waals surface area contributed by atoms with Gasteiger partial charge in [0.2, 0.25) is 0 Å². The van der Waals surface area contributed by atoms with Crippen LogP contribution < -0.4 is 0 Å². The fourth-order valence-corrected chi connectivity index (χ4v) is 7.54. The molecule has 0 spiro atoms. The van der Waals surface area contributed by atoms with Crippen LogP contribution in [-0.2, 0) is 9.84 Å². The van der Waals surface area contributed by atoms with Crippen molar-refractivity contribution in [3.63, 3.8) is 0 Å². The average Bonchev–Trinajstić information content (AvgIpc) is 3.42. The third-order valence-corrected chi connectivity index (χ3v) is 9.22. The Balaban J connectivity index is 1.33. The zero-order chi connectivity index (χ0) is 21.8. The summed E-state index contributed by atoms with van der Waals surface area (Å²) in [5, 5.41) is 6.24. The zero-order valence-electron chi connectivity index (χ0n) is 17.1. The first-order chi connectivity index (χ1) is 14.8. The maximum absolute atomic E-state index is 13.2. The van der Waals surface area contributed by atoms with Gasteiger partial charge in [-0.15, -0.1) is 11.3 Å². The molecule has 7 nitrogen and oxygen atoms in total. The van der Waals surface area contributed by atoms with Crippen LogP contribution in [0.2, 0.25) is 5.02 Å². The molecule has 1 unspecified atom stereocenters. The molecular weight excluding hydrogens is 456 g/mol. The molecule has 0 radical (unpaired) electrons. The van der Waals surface area contributed by atoms with Crippen molar-refractivity contribution < 1.29 is 13.2 Å². The number of rotatable bonds is 3. The molecule has 31 heavy (non-hydrogen) atoms. The van der Waals surface area contributed by atoms with Crippen LogP contribution in [0.1, 0.15) is 21.8 Å². The van der Waals surface area contributed by atoms with E-state index in [1.165, 1.54) is 11.3 Å². The molecule has 5 rings (SSSR count). The predicted molar refractivity (Wildman–Crippen MR) is 123 cm³/mol. The van der Waals surface area contributed by atoms with Crippen LogP contribution in [0.15, 0.2) is 30.3 Å². The van der Waals surface area contributed by atoms with E-state index in [2.05, 4.69) is 10.00 Å². The topological polar surface area (TPSA) is 75.5 Å². The van der Waals surface area contributed by atoms with Crippen LogP contribution in [-0.4, -0.2) is 77.6 Å². The molecule has 10 heteroatoms. The molecule has 2 saturated heterocycles. The number of carbonyl (C=O) groups excluding carboxylic acids is 1. The number of hydrogen-bond donors (Lipinski definition) is 0. The van der Waals surface area contributed by atoms with E-state index in [0.717, 1.165) is 21.6 Å². The van der Waals surface area contributed by atoms with Gasteiger partial charge in [-0.25, -0.2) is 13.1 Å². The molecule has 3 aromatic rings. The number of halogens is 1. The largest absolute Gasteiger partial charge is 0.335 e. The molecule has 1 atom stereocenters. The summed E-state index contributed by atoms with van der Waals surface area (Å²) < 4.78 is 25.4. The number of aryl methyl sites for hydroxylation is 1. The number of sulfone groups is 1. The van der Waals surface area contributed by atoms with Crippen molar-refractivity contribution in [3.05, 3.63) is 45.9 Å². The maximum atomic E-state index is 13.2. The van der Waals surface area contributed by atoms with Gasteiger partial charge in [-0.05, 0) is 37.6 Å². The maximum Gasteiger partial charge on any atom is 0.264 e. The van der Waals surface area contributed by atoms with Crippen molar-refractivity contribution in [2.45, 2.75) is 19.4 Å². The van der Waals surface area contributed by atoms with E-state index < -0.39 is 9.84 Å². The van der Waals surface area contributed by atoms with Crippen molar-refractivity contribution in [2.24, 2.45) is 0 Å². The molecule has 4 heterocycles. The smallest absolute Gasteiger partial charge is 0.264 e. The van der Waals surface area contributed by atoms with Gasteiger partial charge in [0.05, 0.1) is 27.8 Å². The van der Waals surface area contributed by atoms with Gasteiger partial charge in [0.15, 0.2) is 9.84 Å². The van der Waals surface area contributed by atoms with Crippen LogP contribution in [0.5, 0.6) is 0 Å². The lowest BCUT2D eigenvalue weighted by Gasteiger charge is -2.37. The number of piperazine rings is 1. The summed E-state index contributed by atoms with van der Waals surface area (Å²) in [6, 6.07) is 9.54. The van der Waals surface area contributed by atoms with Crippen molar-refractivity contribution >= 4 is 48.9 Å². The number of nitrogens with zero attached hydrogens (tertiary/aromatic N) is 4. The third kappa shape index (κ3) is 4.00. The second kappa shape index (κ2) is 7.88. The fourth-order valence-electron chi connectivity index (χ4n) is 4.44. The Morgan fingerprint density at radius 1 is 1.19 bits per heavy atom. The number of amides is 1. The first kappa shape index (κ1) is 20.9. The van der Waals surface area contributed by atoms with E-state index in [9.17, 15) is 13.2 Å². The molecule has 2 aliphatic heterocycles. The minimum absolute atomic E-state index is 0.0249. The van der Waals surface area contributed by atoms with Gasteiger partial charge in [-0.1, -0.05) is 17.7 Å². The number of fused-ring (bicyclic) bond motifs is 1. The summed E-state index contributed by atoms with van der Waals surface area (Å²) >= 11 is 7.59. The molecule has 2 aromatic heterocycles. The lowest BCUT2D eigenvalue weighted by Crippen LogP contribution is -2.52. The zero-order valence-corrected chi connectivity index (χ0v) is 19.5. The molecule has 1 amide bonds. The summed E-state index contributed by atoms with van der Waals surface area (Å²) in [6.07, 6.45) is 0.700. The molecular formula is C21H23ClN4O3S2. The lowest BCUT2D eigenvalue weighted by atomic mass is 10.2. The van der Waals surface area contributed by atoms with E-state index in [1.807, 2.05) is 46.8 Å². The molecule has 0 bridgehead atoms. The number of carbonyl (C=O) groups is 1. The highest BCUT2D eigenvalue weighted by molar-refractivity contribution is 7.91.